The lowest BCUT2D eigenvalue weighted by Crippen LogP contribution is -2.40. The molecule has 3 nitrogen and oxygen atoms in total. The molecule has 1 fully saturated rings. The Hall–Kier alpha value is -0.780. The third kappa shape index (κ3) is 4.53. The molecule has 0 radical (unpaired) electrons. The molecule has 0 aromatic heterocycles. The summed E-state index contributed by atoms with van der Waals surface area (Å²) in [5.41, 5.74) is 0. The number of carboxylic acids is 1. The van der Waals surface area contributed by atoms with Crippen LogP contribution in [0.1, 0.15) is 32.1 Å². The number of hydrogen-bond acceptors (Lipinski definition) is 2. The molecule has 0 aliphatic heterocycles. The van der Waals surface area contributed by atoms with Gasteiger partial charge in [0.1, 0.15) is 0 Å². The smallest absolute Gasteiger partial charge is 0.391 e. The highest BCUT2D eigenvalue weighted by Gasteiger charge is 2.42. The average Bonchev–Trinajstić information content (AvgIpc) is 2.25. The molecule has 0 heterocycles. The van der Waals surface area contributed by atoms with Crippen LogP contribution in [0, 0.1) is 5.92 Å². The molecule has 0 saturated heterocycles. The van der Waals surface area contributed by atoms with Crippen molar-refractivity contribution in [2.75, 3.05) is 13.6 Å². The van der Waals surface area contributed by atoms with E-state index >= 15 is 0 Å². The Bertz CT molecular complexity index is 268. The van der Waals surface area contributed by atoms with Crippen LogP contribution in [-0.2, 0) is 4.79 Å². The van der Waals surface area contributed by atoms with Gasteiger partial charge >= 0.3 is 12.1 Å². The summed E-state index contributed by atoms with van der Waals surface area (Å²) < 4.78 is 37.7. The van der Waals surface area contributed by atoms with Gasteiger partial charge < -0.3 is 10.0 Å². The molecule has 0 aromatic rings. The average molecular weight is 253 g/mol. The Labute approximate surface area is 98.6 Å². The quantitative estimate of drug-likeness (QED) is 0.837. The number of hydrogen-bond donors (Lipinski definition) is 1. The fourth-order valence-electron chi connectivity index (χ4n) is 2.32. The van der Waals surface area contributed by atoms with Crippen molar-refractivity contribution in [2.45, 2.75) is 44.3 Å². The van der Waals surface area contributed by atoms with Gasteiger partial charge in [-0.15, -0.1) is 0 Å². The van der Waals surface area contributed by atoms with Crippen molar-refractivity contribution in [3.63, 3.8) is 0 Å². The summed E-state index contributed by atoms with van der Waals surface area (Å²) in [6.45, 7) is 0.310. The molecule has 1 N–H and O–H groups in total. The van der Waals surface area contributed by atoms with Crippen molar-refractivity contribution in [2.24, 2.45) is 5.92 Å². The van der Waals surface area contributed by atoms with Gasteiger partial charge in [0.15, 0.2) is 0 Å². The van der Waals surface area contributed by atoms with E-state index in [2.05, 4.69) is 0 Å². The van der Waals surface area contributed by atoms with E-state index in [1.807, 2.05) is 0 Å². The standard InChI is InChI=1S/C11H18F3NO2/c1-15(6-5-10(16)17)9-4-2-3-8(7-9)11(12,13)14/h8-9H,2-7H2,1H3,(H,16,17). The first kappa shape index (κ1) is 14.3. The Morgan fingerprint density at radius 1 is 1.41 bits per heavy atom. The van der Waals surface area contributed by atoms with Gasteiger partial charge in [0.2, 0.25) is 0 Å². The maximum Gasteiger partial charge on any atom is 0.391 e. The van der Waals surface area contributed by atoms with E-state index in [9.17, 15) is 18.0 Å². The predicted octanol–water partition coefficient (Wildman–Crippen LogP) is 2.51. The SMILES string of the molecule is CN(CCC(=O)O)C1CCCC(C(F)(F)F)C1. The normalized spacial score (nSPS) is 26.2. The minimum atomic E-state index is -4.12. The van der Waals surface area contributed by atoms with Crippen LogP contribution in [0.3, 0.4) is 0 Å². The van der Waals surface area contributed by atoms with Crippen molar-refractivity contribution < 1.29 is 23.1 Å². The lowest BCUT2D eigenvalue weighted by molar-refractivity contribution is -0.186. The number of aliphatic carboxylic acids is 1. The van der Waals surface area contributed by atoms with E-state index in [1.54, 1.807) is 11.9 Å². The summed E-state index contributed by atoms with van der Waals surface area (Å²) >= 11 is 0. The Kier molecular flexibility index (Phi) is 4.80. The van der Waals surface area contributed by atoms with Crippen LogP contribution in [0.4, 0.5) is 13.2 Å². The molecular weight excluding hydrogens is 235 g/mol. The molecule has 1 aliphatic rings. The lowest BCUT2D eigenvalue weighted by atomic mass is 9.84. The second-order valence-corrected chi connectivity index (χ2v) is 4.68. The largest absolute Gasteiger partial charge is 0.481 e. The highest BCUT2D eigenvalue weighted by Crippen LogP contribution is 2.38. The van der Waals surface area contributed by atoms with Crippen molar-refractivity contribution in [1.29, 1.82) is 0 Å². The highest BCUT2D eigenvalue weighted by molar-refractivity contribution is 5.66. The predicted molar refractivity (Wildman–Crippen MR) is 56.7 cm³/mol. The molecule has 1 saturated carbocycles. The molecule has 6 heteroatoms. The van der Waals surface area contributed by atoms with E-state index in [4.69, 9.17) is 5.11 Å². The zero-order chi connectivity index (χ0) is 13.1. The number of carboxylic acid groups (broad SMARTS) is 1. The monoisotopic (exact) mass is 253 g/mol. The van der Waals surface area contributed by atoms with Crippen molar-refractivity contribution in [3.8, 4) is 0 Å². The number of halogens is 3. The first-order valence-corrected chi connectivity index (χ1v) is 5.79. The second kappa shape index (κ2) is 5.71. The molecule has 2 atom stereocenters. The number of alkyl halides is 3. The van der Waals surface area contributed by atoms with Gasteiger partial charge in [-0.05, 0) is 26.3 Å². The van der Waals surface area contributed by atoms with E-state index in [0.29, 0.717) is 13.0 Å². The number of nitrogens with zero attached hydrogens (tertiary/aromatic N) is 1. The van der Waals surface area contributed by atoms with Crippen LogP contribution < -0.4 is 0 Å². The maximum absolute atomic E-state index is 12.6. The summed E-state index contributed by atoms with van der Waals surface area (Å²) in [6, 6.07) is -0.144. The van der Waals surface area contributed by atoms with E-state index in [-0.39, 0.29) is 25.3 Å². The van der Waals surface area contributed by atoms with Gasteiger partial charge in [0, 0.05) is 12.6 Å². The first-order valence-electron chi connectivity index (χ1n) is 5.79. The molecule has 0 aromatic carbocycles. The van der Waals surface area contributed by atoms with Gasteiger partial charge in [-0.3, -0.25) is 4.79 Å². The zero-order valence-corrected chi connectivity index (χ0v) is 9.83. The fraction of sp³-hybridized carbons (Fsp3) is 0.909. The van der Waals surface area contributed by atoms with Crippen LogP contribution in [0.15, 0.2) is 0 Å². The molecule has 1 rings (SSSR count). The van der Waals surface area contributed by atoms with E-state index < -0.39 is 18.1 Å². The fourth-order valence-corrected chi connectivity index (χ4v) is 2.32. The van der Waals surface area contributed by atoms with Crippen molar-refractivity contribution >= 4 is 5.97 Å². The van der Waals surface area contributed by atoms with Crippen LogP contribution in [0.2, 0.25) is 0 Å². The van der Waals surface area contributed by atoms with Gasteiger partial charge in [-0.2, -0.15) is 13.2 Å². The van der Waals surface area contributed by atoms with Crippen molar-refractivity contribution in [1.82, 2.24) is 4.90 Å². The minimum Gasteiger partial charge on any atom is -0.481 e. The molecule has 0 spiro atoms. The molecular formula is C11H18F3NO2. The van der Waals surface area contributed by atoms with Crippen molar-refractivity contribution in [3.05, 3.63) is 0 Å². The lowest BCUT2D eigenvalue weighted by Gasteiger charge is -2.35. The Morgan fingerprint density at radius 2 is 2.06 bits per heavy atom. The summed E-state index contributed by atoms with van der Waals surface area (Å²) in [6.07, 6.45) is -2.56. The third-order valence-electron chi connectivity index (χ3n) is 3.41. The molecule has 2 unspecified atom stereocenters. The number of rotatable bonds is 4. The Balaban J connectivity index is 2.46. The van der Waals surface area contributed by atoms with Crippen LogP contribution in [0.5, 0.6) is 0 Å². The molecule has 100 valence electrons. The zero-order valence-electron chi connectivity index (χ0n) is 9.83. The molecule has 1 aliphatic carbocycles. The summed E-state index contributed by atoms with van der Waals surface area (Å²) in [7, 11) is 1.70. The summed E-state index contributed by atoms with van der Waals surface area (Å²) in [5, 5.41) is 8.54. The van der Waals surface area contributed by atoms with Crippen LogP contribution in [-0.4, -0.2) is 41.8 Å². The first-order chi connectivity index (χ1) is 7.80. The number of carbonyl (C=O) groups is 1. The van der Waals surface area contributed by atoms with Gasteiger partial charge in [0.25, 0.3) is 0 Å². The Morgan fingerprint density at radius 3 is 2.59 bits per heavy atom. The highest BCUT2D eigenvalue weighted by atomic mass is 19.4. The third-order valence-corrected chi connectivity index (χ3v) is 3.41. The van der Waals surface area contributed by atoms with Gasteiger partial charge in [0.05, 0.1) is 12.3 Å². The molecule has 0 amide bonds. The second-order valence-electron chi connectivity index (χ2n) is 4.68. The van der Waals surface area contributed by atoms with Crippen LogP contribution >= 0.6 is 0 Å². The molecule has 0 bridgehead atoms. The van der Waals surface area contributed by atoms with Gasteiger partial charge in [-0.1, -0.05) is 6.42 Å². The molecule has 17 heavy (non-hydrogen) atoms. The topological polar surface area (TPSA) is 40.5 Å². The van der Waals surface area contributed by atoms with Crippen LogP contribution in [0.25, 0.3) is 0 Å². The summed E-state index contributed by atoms with van der Waals surface area (Å²) in [4.78, 5) is 12.1. The summed E-state index contributed by atoms with van der Waals surface area (Å²) in [5.74, 6) is -2.14. The van der Waals surface area contributed by atoms with E-state index in [0.717, 1.165) is 6.42 Å². The van der Waals surface area contributed by atoms with Gasteiger partial charge in [-0.25, -0.2) is 0 Å². The maximum atomic E-state index is 12.6. The minimum absolute atomic E-state index is 0.0241. The van der Waals surface area contributed by atoms with E-state index in [1.165, 1.54) is 0 Å².